The van der Waals surface area contributed by atoms with Gasteiger partial charge in [-0.25, -0.2) is 9.97 Å². The molecule has 0 aliphatic carbocycles. The SMILES string of the molecule is CNc1nc(CC(F)(F)F)nc2sc(C)cc12. The number of aryl methyl sites for hydroxylation is 1. The fourth-order valence-electron chi connectivity index (χ4n) is 1.54. The van der Waals surface area contributed by atoms with Crippen LogP contribution < -0.4 is 5.32 Å². The van der Waals surface area contributed by atoms with Crippen LogP contribution in [0.2, 0.25) is 0 Å². The number of anilines is 1. The number of halogens is 3. The minimum Gasteiger partial charge on any atom is -0.372 e. The average Bonchev–Trinajstić information content (AvgIpc) is 2.54. The predicted octanol–water partition coefficient (Wildman–Crippen LogP) is 3.15. The fourth-order valence-corrected chi connectivity index (χ4v) is 2.43. The summed E-state index contributed by atoms with van der Waals surface area (Å²) in [5.74, 6) is 0.245. The lowest BCUT2D eigenvalue weighted by atomic mass is 10.3. The molecular weight excluding hydrogens is 251 g/mol. The van der Waals surface area contributed by atoms with Gasteiger partial charge in [-0.15, -0.1) is 11.3 Å². The lowest BCUT2D eigenvalue weighted by Gasteiger charge is -2.07. The molecule has 0 aromatic carbocycles. The van der Waals surface area contributed by atoms with Crippen LogP contribution in [-0.4, -0.2) is 23.2 Å². The van der Waals surface area contributed by atoms with E-state index in [4.69, 9.17) is 0 Å². The van der Waals surface area contributed by atoms with Gasteiger partial charge in [0.2, 0.25) is 0 Å². The fraction of sp³-hybridized carbons (Fsp3) is 0.400. The number of nitrogens with zero attached hydrogens (tertiary/aromatic N) is 2. The zero-order valence-electron chi connectivity index (χ0n) is 9.22. The highest BCUT2D eigenvalue weighted by Crippen LogP contribution is 2.29. The first-order valence-corrected chi connectivity index (χ1v) is 5.72. The van der Waals surface area contributed by atoms with Crippen LogP contribution in [0, 0.1) is 6.92 Å². The lowest BCUT2D eigenvalue weighted by Crippen LogP contribution is -2.14. The van der Waals surface area contributed by atoms with E-state index in [1.807, 2.05) is 13.0 Å². The number of hydrogen-bond acceptors (Lipinski definition) is 4. The van der Waals surface area contributed by atoms with Crippen LogP contribution in [0.1, 0.15) is 10.7 Å². The second-order valence-electron chi connectivity index (χ2n) is 3.61. The Hall–Kier alpha value is -1.37. The first kappa shape index (κ1) is 12.1. The molecule has 0 amide bonds. The summed E-state index contributed by atoms with van der Waals surface area (Å²) in [6.45, 7) is 1.88. The Labute approximate surface area is 99.7 Å². The summed E-state index contributed by atoms with van der Waals surface area (Å²) in [5, 5.41) is 3.56. The minimum atomic E-state index is -4.29. The molecule has 2 rings (SSSR count). The molecule has 0 atom stereocenters. The molecule has 1 N–H and O–H groups in total. The Kier molecular flexibility index (Phi) is 2.94. The second-order valence-corrected chi connectivity index (χ2v) is 4.84. The van der Waals surface area contributed by atoms with Crippen LogP contribution in [0.25, 0.3) is 10.2 Å². The van der Waals surface area contributed by atoms with E-state index in [2.05, 4.69) is 15.3 Å². The molecule has 2 heterocycles. The standard InChI is InChI=1S/C10H10F3N3S/c1-5-3-6-8(14-2)15-7(4-10(11,12)13)16-9(6)17-5/h3H,4H2,1-2H3,(H,14,15,16). The van der Waals surface area contributed by atoms with Crippen molar-refractivity contribution in [3.05, 3.63) is 16.8 Å². The monoisotopic (exact) mass is 261 g/mol. The molecular formula is C10H10F3N3S. The largest absolute Gasteiger partial charge is 0.396 e. The number of fused-ring (bicyclic) bond motifs is 1. The van der Waals surface area contributed by atoms with Crippen LogP contribution in [0.3, 0.4) is 0 Å². The van der Waals surface area contributed by atoms with Gasteiger partial charge in [-0.2, -0.15) is 13.2 Å². The Balaban J connectivity index is 2.52. The minimum absolute atomic E-state index is 0.198. The van der Waals surface area contributed by atoms with Crippen molar-refractivity contribution >= 4 is 27.4 Å². The molecule has 0 radical (unpaired) electrons. The molecule has 2 aromatic heterocycles. The van der Waals surface area contributed by atoms with Gasteiger partial charge in [-0.05, 0) is 13.0 Å². The molecule has 0 aliphatic rings. The first-order chi connectivity index (χ1) is 7.89. The summed E-state index contributed by atoms with van der Waals surface area (Å²) in [4.78, 5) is 9.40. The van der Waals surface area contributed by atoms with Gasteiger partial charge in [0.15, 0.2) is 0 Å². The van der Waals surface area contributed by atoms with Gasteiger partial charge in [0.05, 0.1) is 5.39 Å². The average molecular weight is 261 g/mol. The van der Waals surface area contributed by atoms with Crippen molar-refractivity contribution in [2.75, 3.05) is 12.4 Å². The topological polar surface area (TPSA) is 37.8 Å². The molecule has 0 aliphatic heterocycles. The number of alkyl halides is 3. The quantitative estimate of drug-likeness (QED) is 0.902. The smallest absolute Gasteiger partial charge is 0.372 e. The highest BCUT2D eigenvalue weighted by Gasteiger charge is 2.30. The predicted molar refractivity (Wildman–Crippen MR) is 61.5 cm³/mol. The Morgan fingerprint density at radius 2 is 2.06 bits per heavy atom. The van der Waals surface area contributed by atoms with E-state index in [-0.39, 0.29) is 5.82 Å². The summed E-state index contributed by atoms with van der Waals surface area (Å²) in [6, 6.07) is 1.86. The van der Waals surface area contributed by atoms with Crippen LogP contribution in [0.5, 0.6) is 0 Å². The lowest BCUT2D eigenvalue weighted by molar-refractivity contribution is -0.128. The van der Waals surface area contributed by atoms with Crippen LogP contribution in [-0.2, 0) is 6.42 Å². The molecule has 0 unspecified atom stereocenters. The molecule has 0 spiro atoms. The van der Waals surface area contributed by atoms with Crippen molar-refractivity contribution in [2.24, 2.45) is 0 Å². The van der Waals surface area contributed by atoms with Crippen molar-refractivity contribution in [3.8, 4) is 0 Å². The number of hydrogen-bond donors (Lipinski definition) is 1. The van der Waals surface area contributed by atoms with Crippen molar-refractivity contribution in [1.29, 1.82) is 0 Å². The van der Waals surface area contributed by atoms with Gasteiger partial charge in [0.1, 0.15) is 22.9 Å². The maximum absolute atomic E-state index is 12.3. The van der Waals surface area contributed by atoms with Gasteiger partial charge < -0.3 is 5.32 Å². The third-order valence-electron chi connectivity index (χ3n) is 2.16. The molecule has 3 nitrogen and oxygen atoms in total. The normalized spacial score (nSPS) is 12.1. The zero-order valence-corrected chi connectivity index (χ0v) is 10.0. The maximum Gasteiger partial charge on any atom is 0.396 e. The molecule has 0 fully saturated rings. The first-order valence-electron chi connectivity index (χ1n) is 4.90. The van der Waals surface area contributed by atoms with Crippen molar-refractivity contribution in [1.82, 2.24) is 9.97 Å². The Morgan fingerprint density at radius 1 is 1.35 bits per heavy atom. The third kappa shape index (κ3) is 2.66. The molecule has 7 heteroatoms. The van der Waals surface area contributed by atoms with Crippen molar-refractivity contribution in [3.63, 3.8) is 0 Å². The summed E-state index contributed by atoms with van der Waals surface area (Å²) in [7, 11) is 1.63. The van der Waals surface area contributed by atoms with Crippen molar-refractivity contribution < 1.29 is 13.2 Å². The molecule has 92 valence electrons. The van der Waals surface area contributed by atoms with Crippen LogP contribution in [0.4, 0.5) is 19.0 Å². The van der Waals surface area contributed by atoms with Gasteiger partial charge in [-0.3, -0.25) is 0 Å². The summed E-state index contributed by atoms with van der Waals surface area (Å²) in [6.07, 6.45) is -5.39. The molecule has 0 bridgehead atoms. The van der Waals surface area contributed by atoms with E-state index in [1.54, 1.807) is 7.05 Å². The maximum atomic E-state index is 12.3. The third-order valence-corrected chi connectivity index (χ3v) is 3.10. The van der Waals surface area contributed by atoms with E-state index in [1.165, 1.54) is 11.3 Å². The van der Waals surface area contributed by atoms with E-state index < -0.39 is 12.6 Å². The Morgan fingerprint density at radius 3 is 2.65 bits per heavy atom. The van der Waals surface area contributed by atoms with E-state index in [0.717, 1.165) is 10.3 Å². The second kappa shape index (κ2) is 4.14. The molecule has 17 heavy (non-hydrogen) atoms. The molecule has 2 aromatic rings. The Bertz CT molecular complexity index is 547. The van der Waals surface area contributed by atoms with Gasteiger partial charge in [0, 0.05) is 11.9 Å². The van der Waals surface area contributed by atoms with E-state index >= 15 is 0 Å². The molecule has 0 saturated heterocycles. The summed E-state index contributed by atoms with van der Waals surface area (Å²) in [5.41, 5.74) is 0. The number of rotatable bonds is 2. The summed E-state index contributed by atoms with van der Waals surface area (Å²) >= 11 is 1.36. The van der Waals surface area contributed by atoms with Crippen LogP contribution >= 0.6 is 11.3 Å². The van der Waals surface area contributed by atoms with Gasteiger partial charge in [0.25, 0.3) is 0 Å². The van der Waals surface area contributed by atoms with E-state index in [0.29, 0.717) is 10.6 Å². The molecule has 0 saturated carbocycles. The highest BCUT2D eigenvalue weighted by atomic mass is 32.1. The summed E-state index contributed by atoms with van der Waals surface area (Å²) < 4.78 is 36.9. The zero-order chi connectivity index (χ0) is 12.6. The van der Waals surface area contributed by atoms with E-state index in [9.17, 15) is 13.2 Å². The van der Waals surface area contributed by atoms with Crippen LogP contribution in [0.15, 0.2) is 6.07 Å². The van der Waals surface area contributed by atoms with Gasteiger partial charge >= 0.3 is 6.18 Å². The highest BCUT2D eigenvalue weighted by molar-refractivity contribution is 7.18. The van der Waals surface area contributed by atoms with Gasteiger partial charge in [-0.1, -0.05) is 0 Å². The number of aromatic nitrogens is 2. The number of thiophene rings is 1. The number of nitrogens with one attached hydrogen (secondary N) is 1. The van der Waals surface area contributed by atoms with Crippen molar-refractivity contribution in [2.45, 2.75) is 19.5 Å².